The van der Waals surface area contributed by atoms with Crippen LogP contribution >= 0.6 is 0 Å². The fraction of sp³-hybridized carbons (Fsp3) is 0.455. The number of carbonyl (C=O) groups is 1. The number of aromatic amines is 1. The van der Waals surface area contributed by atoms with Crippen LogP contribution in [0.2, 0.25) is 0 Å². The molecule has 86 valence electrons. The molecule has 16 heavy (non-hydrogen) atoms. The molecule has 0 spiro atoms. The SMILES string of the molecule is O=C(NC1CCOCC1)c1c[nH]ccc1=O. The highest BCUT2D eigenvalue weighted by Crippen LogP contribution is 2.06. The summed E-state index contributed by atoms with van der Waals surface area (Å²) in [4.78, 5) is 25.9. The smallest absolute Gasteiger partial charge is 0.256 e. The Morgan fingerprint density at radius 1 is 1.44 bits per heavy atom. The molecule has 0 radical (unpaired) electrons. The molecule has 2 rings (SSSR count). The third-order valence-corrected chi connectivity index (χ3v) is 2.63. The van der Waals surface area contributed by atoms with Crippen LogP contribution in [0.5, 0.6) is 0 Å². The number of H-pyrrole nitrogens is 1. The summed E-state index contributed by atoms with van der Waals surface area (Å²) in [5, 5.41) is 2.84. The highest BCUT2D eigenvalue weighted by atomic mass is 16.5. The molecule has 1 aromatic rings. The summed E-state index contributed by atoms with van der Waals surface area (Å²) in [5.74, 6) is -0.311. The zero-order chi connectivity index (χ0) is 11.4. The van der Waals surface area contributed by atoms with Gasteiger partial charge in [-0.2, -0.15) is 0 Å². The summed E-state index contributed by atoms with van der Waals surface area (Å²) in [6, 6.07) is 1.46. The van der Waals surface area contributed by atoms with Gasteiger partial charge < -0.3 is 15.0 Å². The second kappa shape index (κ2) is 4.94. The molecule has 0 bridgehead atoms. The first kappa shape index (κ1) is 10.9. The lowest BCUT2D eigenvalue weighted by atomic mass is 10.1. The number of aromatic nitrogens is 1. The lowest BCUT2D eigenvalue weighted by Crippen LogP contribution is -2.40. The number of nitrogens with one attached hydrogen (secondary N) is 2. The molecule has 0 aromatic carbocycles. The lowest BCUT2D eigenvalue weighted by molar-refractivity contribution is 0.0696. The molecule has 1 aromatic heterocycles. The minimum Gasteiger partial charge on any atom is -0.381 e. The molecule has 1 saturated heterocycles. The van der Waals surface area contributed by atoms with Crippen molar-refractivity contribution in [2.24, 2.45) is 0 Å². The highest BCUT2D eigenvalue weighted by Gasteiger charge is 2.18. The summed E-state index contributed by atoms with van der Waals surface area (Å²) in [6.45, 7) is 1.33. The van der Waals surface area contributed by atoms with Crippen LogP contribution in [-0.4, -0.2) is 30.1 Å². The second-order valence-corrected chi connectivity index (χ2v) is 3.78. The Morgan fingerprint density at radius 3 is 2.88 bits per heavy atom. The number of carbonyl (C=O) groups excluding carboxylic acids is 1. The summed E-state index contributed by atoms with van der Waals surface area (Å²) in [6.07, 6.45) is 4.54. The van der Waals surface area contributed by atoms with Gasteiger partial charge in [-0.25, -0.2) is 0 Å². The van der Waals surface area contributed by atoms with Gasteiger partial charge in [0.15, 0.2) is 5.43 Å². The van der Waals surface area contributed by atoms with Gasteiger partial charge in [-0.05, 0) is 12.8 Å². The predicted octanol–water partition coefficient (Wildman–Crippen LogP) is 0.284. The molecular weight excluding hydrogens is 208 g/mol. The monoisotopic (exact) mass is 222 g/mol. The van der Waals surface area contributed by atoms with Crippen molar-refractivity contribution in [2.45, 2.75) is 18.9 Å². The fourth-order valence-electron chi connectivity index (χ4n) is 1.70. The summed E-state index contributed by atoms with van der Waals surface area (Å²) in [5.41, 5.74) is -0.0997. The van der Waals surface area contributed by atoms with Crippen molar-refractivity contribution in [3.8, 4) is 0 Å². The molecule has 5 heteroatoms. The third-order valence-electron chi connectivity index (χ3n) is 2.63. The van der Waals surface area contributed by atoms with Crippen LogP contribution in [0.4, 0.5) is 0 Å². The van der Waals surface area contributed by atoms with Crippen LogP contribution in [0.1, 0.15) is 23.2 Å². The molecule has 1 amide bonds. The number of ether oxygens (including phenoxy) is 1. The van der Waals surface area contributed by atoms with Crippen molar-refractivity contribution in [3.63, 3.8) is 0 Å². The van der Waals surface area contributed by atoms with Crippen molar-refractivity contribution in [2.75, 3.05) is 13.2 Å². The van der Waals surface area contributed by atoms with E-state index in [1.165, 1.54) is 18.5 Å². The van der Waals surface area contributed by atoms with E-state index >= 15 is 0 Å². The van der Waals surface area contributed by atoms with E-state index in [0.29, 0.717) is 13.2 Å². The normalized spacial score (nSPS) is 17.0. The molecular formula is C11H14N2O3. The molecule has 1 aliphatic rings. The Bertz CT molecular complexity index is 421. The molecule has 0 aliphatic carbocycles. The van der Waals surface area contributed by atoms with Crippen LogP contribution in [0.25, 0.3) is 0 Å². The van der Waals surface area contributed by atoms with E-state index in [9.17, 15) is 9.59 Å². The van der Waals surface area contributed by atoms with E-state index in [2.05, 4.69) is 10.3 Å². The molecule has 0 saturated carbocycles. The number of hydrogen-bond donors (Lipinski definition) is 2. The molecule has 1 fully saturated rings. The maximum atomic E-state index is 11.8. The van der Waals surface area contributed by atoms with Gasteiger partial charge in [0.1, 0.15) is 5.56 Å². The summed E-state index contributed by atoms with van der Waals surface area (Å²) in [7, 11) is 0. The number of pyridine rings is 1. The third kappa shape index (κ3) is 2.49. The molecule has 2 N–H and O–H groups in total. The van der Waals surface area contributed by atoms with Gasteiger partial charge >= 0.3 is 0 Å². The van der Waals surface area contributed by atoms with Crippen molar-refractivity contribution in [1.82, 2.24) is 10.3 Å². The van der Waals surface area contributed by atoms with Crippen molar-refractivity contribution >= 4 is 5.91 Å². The Morgan fingerprint density at radius 2 is 2.19 bits per heavy atom. The van der Waals surface area contributed by atoms with Crippen molar-refractivity contribution in [1.29, 1.82) is 0 Å². The molecule has 5 nitrogen and oxygen atoms in total. The molecule has 1 aliphatic heterocycles. The first-order chi connectivity index (χ1) is 7.77. The minimum atomic E-state index is -0.311. The number of amides is 1. The standard InChI is InChI=1S/C11H14N2O3/c14-10-1-4-12-7-9(10)11(15)13-8-2-5-16-6-3-8/h1,4,7-8H,2-3,5-6H2,(H,12,14)(H,13,15). The van der Waals surface area contributed by atoms with Crippen LogP contribution in [0, 0.1) is 0 Å². The molecule has 0 atom stereocenters. The van der Waals surface area contributed by atoms with Gasteiger partial charge in [-0.3, -0.25) is 9.59 Å². The van der Waals surface area contributed by atoms with Gasteiger partial charge in [0.25, 0.3) is 5.91 Å². The van der Waals surface area contributed by atoms with Gasteiger partial charge in [0, 0.05) is 37.7 Å². The Balaban J connectivity index is 2.02. The van der Waals surface area contributed by atoms with Crippen LogP contribution in [-0.2, 0) is 4.74 Å². The Hall–Kier alpha value is -1.62. The van der Waals surface area contributed by atoms with Crippen molar-refractivity contribution in [3.05, 3.63) is 34.2 Å². The van der Waals surface area contributed by atoms with Crippen LogP contribution in [0.3, 0.4) is 0 Å². The van der Waals surface area contributed by atoms with Gasteiger partial charge in [0.2, 0.25) is 0 Å². The summed E-state index contributed by atoms with van der Waals surface area (Å²) >= 11 is 0. The Labute approximate surface area is 92.8 Å². The summed E-state index contributed by atoms with van der Waals surface area (Å²) < 4.78 is 5.19. The van der Waals surface area contributed by atoms with E-state index in [4.69, 9.17) is 4.74 Å². The van der Waals surface area contributed by atoms with E-state index < -0.39 is 0 Å². The number of rotatable bonds is 2. The largest absolute Gasteiger partial charge is 0.381 e. The first-order valence-electron chi connectivity index (χ1n) is 5.33. The minimum absolute atomic E-state index is 0.112. The zero-order valence-corrected chi connectivity index (χ0v) is 8.86. The Kier molecular flexibility index (Phi) is 3.36. The number of hydrogen-bond acceptors (Lipinski definition) is 3. The average molecular weight is 222 g/mol. The van der Waals surface area contributed by atoms with E-state index in [-0.39, 0.29) is 22.9 Å². The highest BCUT2D eigenvalue weighted by molar-refractivity contribution is 5.93. The molecule has 2 heterocycles. The van der Waals surface area contributed by atoms with Crippen LogP contribution in [0.15, 0.2) is 23.3 Å². The molecule has 0 unspecified atom stereocenters. The topological polar surface area (TPSA) is 71.2 Å². The van der Waals surface area contributed by atoms with Gasteiger partial charge in [0.05, 0.1) is 0 Å². The van der Waals surface area contributed by atoms with Gasteiger partial charge in [-0.15, -0.1) is 0 Å². The van der Waals surface area contributed by atoms with E-state index in [1.54, 1.807) is 0 Å². The van der Waals surface area contributed by atoms with Gasteiger partial charge in [-0.1, -0.05) is 0 Å². The van der Waals surface area contributed by atoms with Crippen molar-refractivity contribution < 1.29 is 9.53 Å². The van der Waals surface area contributed by atoms with Crippen LogP contribution < -0.4 is 10.7 Å². The average Bonchev–Trinajstić information content (AvgIpc) is 2.31. The zero-order valence-electron chi connectivity index (χ0n) is 8.86. The lowest BCUT2D eigenvalue weighted by Gasteiger charge is -2.22. The quantitative estimate of drug-likeness (QED) is 0.755. The fourth-order valence-corrected chi connectivity index (χ4v) is 1.70. The van der Waals surface area contributed by atoms with E-state index in [0.717, 1.165) is 12.8 Å². The first-order valence-corrected chi connectivity index (χ1v) is 5.33. The maximum absolute atomic E-state index is 11.8. The predicted molar refractivity (Wildman–Crippen MR) is 58.4 cm³/mol. The maximum Gasteiger partial charge on any atom is 0.256 e. The second-order valence-electron chi connectivity index (χ2n) is 3.78. The van der Waals surface area contributed by atoms with E-state index in [1.807, 2.05) is 0 Å².